The fourth-order valence-corrected chi connectivity index (χ4v) is 2.73. The van der Waals surface area contributed by atoms with Gasteiger partial charge in [-0.05, 0) is 44.0 Å². The van der Waals surface area contributed by atoms with E-state index in [1.54, 1.807) is 17.5 Å². The Labute approximate surface area is 129 Å². The van der Waals surface area contributed by atoms with Crippen molar-refractivity contribution in [1.82, 2.24) is 10.3 Å². The number of aryl methyl sites for hydroxylation is 1. The second-order valence-electron chi connectivity index (χ2n) is 5.02. The summed E-state index contributed by atoms with van der Waals surface area (Å²) in [5.74, 6) is -0.0581. The highest BCUT2D eigenvalue weighted by Crippen LogP contribution is 2.18. The molecular formula is C16H21N3OS. The Morgan fingerprint density at radius 1 is 1.43 bits per heavy atom. The molecule has 0 fully saturated rings. The molecule has 1 aromatic heterocycles. The largest absolute Gasteiger partial charge is 0.385 e. The molecule has 4 nitrogen and oxygen atoms in total. The van der Waals surface area contributed by atoms with Crippen LogP contribution in [0.25, 0.3) is 0 Å². The second kappa shape index (κ2) is 7.22. The minimum atomic E-state index is -0.0743. The van der Waals surface area contributed by atoms with Crippen molar-refractivity contribution in [3.05, 3.63) is 45.9 Å². The monoisotopic (exact) mass is 303 g/mol. The summed E-state index contributed by atoms with van der Waals surface area (Å²) in [6.45, 7) is 6.97. The number of nitrogens with one attached hydrogen (secondary N) is 2. The molecule has 1 aromatic carbocycles. The van der Waals surface area contributed by atoms with Gasteiger partial charge in [-0.1, -0.05) is 6.92 Å². The number of hydrogen-bond donors (Lipinski definition) is 2. The van der Waals surface area contributed by atoms with E-state index in [-0.39, 0.29) is 11.9 Å². The SMILES string of the molecule is CCCNc1ccc(C(=O)NC(C)c2nccs2)c(C)c1. The number of rotatable bonds is 6. The highest BCUT2D eigenvalue weighted by molar-refractivity contribution is 7.09. The molecule has 112 valence electrons. The van der Waals surface area contributed by atoms with Gasteiger partial charge in [0.1, 0.15) is 5.01 Å². The van der Waals surface area contributed by atoms with Crippen molar-refractivity contribution in [3.8, 4) is 0 Å². The van der Waals surface area contributed by atoms with E-state index in [0.717, 1.165) is 29.2 Å². The Hall–Kier alpha value is -1.88. The van der Waals surface area contributed by atoms with E-state index in [1.165, 1.54) is 0 Å². The number of aromatic nitrogens is 1. The van der Waals surface area contributed by atoms with Crippen LogP contribution in [0.2, 0.25) is 0 Å². The van der Waals surface area contributed by atoms with Crippen molar-refractivity contribution in [3.63, 3.8) is 0 Å². The van der Waals surface area contributed by atoms with E-state index in [9.17, 15) is 4.79 Å². The van der Waals surface area contributed by atoms with Gasteiger partial charge in [0.15, 0.2) is 0 Å². The molecule has 2 N–H and O–H groups in total. The lowest BCUT2D eigenvalue weighted by atomic mass is 10.1. The minimum Gasteiger partial charge on any atom is -0.385 e. The Balaban J connectivity index is 2.05. The van der Waals surface area contributed by atoms with E-state index in [4.69, 9.17) is 0 Å². The fourth-order valence-electron chi connectivity index (χ4n) is 2.08. The van der Waals surface area contributed by atoms with Gasteiger partial charge < -0.3 is 10.6 Å². The summed E-state index contributed by atoms with van der Waals surface area (Å²) in [7, 11) is 0. The van der Waals surface area contributed by atoms with Crippen molar-refractivity contribution in [2.75, 3.05) is 11.9 Å². The standard InChI is InChI=1S/C16H21N3OS/c1-4-7-17-13-5-6-14(11(2)10-13)15(20)19-12(3)16-18-8-9-21-16/h5-6,8-10,12,17H,4,7H2,1-3H3,(H,19,20). The average Bonchev–Trinajstić information content (AvgIpc) is 2.99. The molecule has 2 aromatic rings. The van der Waals surface area contributed by atoms with Gasteiger partial charge in [-0.3, -0.25) is 4.79 Å². The van der Waals surface area contributed by atoms with Gasteiger partial charge in [-0.25, -0.2) is 4.98 Å². The topological polar surface area (TPSA) is 54.0 Å². The number of carbonyl (C=O) groups excluding carboxylic acids is 1. The molecule has 0 saturated carbocycles. The van der Waals surface area contributed by atoms with Crippen LogP contribution in [-0.4, -0.2) is 17.4 Å². The molecule has 1 heterocycles. The van der Waals surface area contributed by atoms with Crippen LogP contribution in [0.15, 0.2) is 29.8 Å². The number of hydrogen-bond acceptors (Lipinski definition) is 4. The molecule has 2 rings (SSSR count). The summed E-state index contributed by atoms with van der Waals surface area (Å²) >= 11 is 1.55. The van der Waals surface area contributed by atoms with Crippen LogP contribution in [-0.2, 0) is 0 Å². The van der Waals surface area contributed by atoms with Crippen molar-refractivity contribution < 1.29 is 4.79 Å². The van der Waals surface area contributed by atoms with Crippen LogP contribution in [0.1, 0.15) is 47.2 Å². The molecule has 0 radical (unpaired) electrons. The summed E-state index contributed by atoms with van der Waals surface area (Å²) in [6.07, 6.45) is 2.83. The first kappa shape index (κ1) is 15.5. The molecule has 0 aliphatic heterocycles. The number of nitrogens with zero attached hydrogens (tertiary/aromatic N) is 1. The maximum Gasteiger partial charge on any atom is 0.252 e. The molecule has 0 spiro atoms. The number of amides is 1. The summed E-state index contributed by atoms with van der Waals surface area (Å²) in [5.41, 5.74) is 2.74. The van der Waals surface area contributed by atoms with Gasteiger partial charge in [0.25, 0.3) is 5.91 Å². The molecule has 1 amide bonds. The summed E-state index contributed by atoms with van der Waals surface area (Å²) in [4.78, 5) is 16.6. The molecule has 21 heavy (non-hydrogen) atoms. The minimum absolute atomic E-state index is 0.0581. The molecular weight excluding hydrogens is 282 g/mol. The molecule has 0 saturated heterocycles. The van der Waals surface area contributed by atoms with Gasteiger partial charge in [0, 0.05) is 29.4 Å². The lowest BCUT2D eigenvalue weighted by Crippen LogP contribution is -2.27. The highest BCUT2D eigenvalue weighted by atomic mass is 32.1. The lowest BCUT2D eigenvalue weighted by molar-refractivity contribution is 0.0939. The Morgan fingerprint density at radius 2 is 2.24 bits per heavy atom. The van der Waals surface area contributed by atoms with Crippen LogP contribution in [0.3, 0.4) is 0 Å². The van der Waals surface area contributed by atoms with Gasteiger partial charge in [-0.2, -0.15) is 0 Å². The first-order valence-corrected chi connectivity index (χ1v) is 8.04. The number of benzene rings is 1. The molecule has 1 unspecified atom stereocenters. The average molecular weight is 303 g/mol. The zero-order valence-corrected chi connectivity index (χ0v) is 13.5. The normalized spacial score (nSPS) is 12.0. The predicted octanol–water partition coefficient (Wildman–Crippen LogP) is 3.76. The molecule has 1 atom stereocenters. The van der Waals surface area contributed by atoms with Gasteiger partial charge in [0.05, 0.1) is 6.04 Å². The zero-order chi connectivity index (χ0) is 15.2. The van der Waals surface area contributed by atoms with E-state index < -0.39 is 0 Å². The van der Waals surface area contributed by atoms with E-state index >= 15 is 0 Å². The van der Waals surface area contributed by atoms with Crippen molar-refractivity contribution in [2.24, 2.45) is 0 Å². The van der Waals surface area contributed by atoms with Crippen LogP contribution in [0.4, 0.5) is 5.69 Å². The molecule has 0 bridgehead atoms. The maximum atomic E-state index is 12.3. The third-order valence-electron chi connectivity index (χ3n) is 3.22. The highest BCUT2D eigenvalue weighted by Gasteiger charge is 2.15. The van der Waals surface area contributed by atoms with Gasteiger partial charge in [-0.15, -0.1) is 11.3 Å². The van der Waals surface area contributed by atoms with Crippen LogP contribution >= 0.6 is 11.3 Å². The van der Waals surface area contributed by atoms with Crippen molar-refractivity contribution >= 4 is 22.9 Å². The van der Waals surface area contributed by atoms with Gasteiger partial charge in [0.2, 0.25) is 0 Å². The van der Waals surface area contributed by atoms with Crippen LogP contribution < -0.4 is 10.6 Å². The molecule has 0 aliphatic rings. The first-order chi connectivity index (χ1) is 10.1. The van der Waals surface area contributed by atoms with Gasteiger partial charge >= 0.3 is 0 Å². The Bertz CT molecular complexity index is 596. The Kier molecular flexibility index (Phi) is 5.33. The van der Waals surface area contributed by atoms with Crippen LogP contribution in [0.5, 0.6) is 0 Å². The summed E-state index contributed by atoms with van der Waals surface area (Å²) < 4.78 is 0. The molecule has 0 aliphatic carbocycles. The molecule has 5 heteroatoms. The third kappa shape index (κ3) is 4.04. The third-order valence-corrected chi connectivity index (χ3v) is 4.18. The maximum absolute atomic E-state index is 12.3. The lowest BCUT2D eigenvalue weighted by Gasteiger charge is -2.14. The predicted molar refractivity (Wildman–Crippen MR) is 88.0 cm³/mol. The van der Waals surface area contributed by atoms with Crippen molar-refractivity contribution in [2.45, 2.75) is 33.2 Å². The Morgan fingerprint density at radius 3 is 2.86 bits per heavy atom. The van der Waals surface area contributed by atoms with E-state index in [0.29, 0.717) is 5.56 Å². The number of anilines is 1. The fraction of sp³-hybridized carbons (Fsp3) is 0.375. The summed E-state index contributed by atoms with van der Waals surface area (Å²) in [6, 6.07) is 5.76. The second-order valence-corrected chi connectivity index (χ2v) is 5.95. The summed E-state index contributed by atoms with van der Waals surface area (Å²) in [5, 5.41) is 9.15. The quantitative estimate of drug-likeness (QED) is 0.854. The van der Waals surface area contributed by atoms with Crippen LogP contribution in [0, 0.1) is 6.92 Å². The number of thiazole rings is 1. The first-order valence-electron chi connectivity index (χ1n) is 7.16. The number of carbonyl (C=O) groups is 1. The van der Waals surface area contributed by atoms with E-state index in [2.05, 4.69) is 22.5 Å². The van der Waals surface area contributed by atoms with E-state index in [1.807, 2.05) is 37.4 Å². The smallest absolute Gasteiger partial charge is 0.252 e. The van der Waals surface area contributed by atoms with Crippen molar-refractivity contribution in [1.29, 1.82) is 0 Å². The zero-order valence-electron chi connectivity index (χ0n) is 12.6.